The Morgan fingerprint density at radius 3 is 2.00 bits per heavy atom. The SMILES string of the molecule is O=C(N[C@@H]1CC(=O)N(c2ccc(Cl)cc2)C1)C(c1ccccc1)c1ccccc1. The van der Waals surface area contributed by atoms with Crippen molar-refractivity contribution in [1.29, 1.82) is 0 Å². The quantitative estimate of drug-likeness (QED) is 0.685. The number of nitrogens with one attached hydrogen (secondary N) is 1. The molecule has 0 aromatic heterocycles. The van der Waals surface area contributed by atoms with Gasteiger partial charge >= 0.3 is 0 Å². The monoisotopic (exact) mass is 404 g/mol. The van der Waals surface area contributed by atoms with E-state index in [0.717, 1.165) is 16.8 Å². The number of benzene rings is 3. The highest BCUT2D eigenvalue weighted by atomic mass is 35.5. The summed E-state index contributed by atoms with van der Waals surface area (Å²) in [7, 11) is 0. The summed E-state index contributed by atoms with van der Waals surface area (Å²) in [6.45, 7) is 0.447. The Hall–Kier alpha value is -3.11. The molecule has 1 aliphatic rings. The van der Waals surface area contributed by atoms with Crippen LogP contribution in [-0.2, 0) is 9.59 Å². The molecule has 0 bridgehead atoms. The van der Waals surface area contributed by atoms with Gasteiger partial charge in [-0.25, -0.2) is 0 Å². The topological polar surface area (TPSA) is 49.4 Å². The van der Waals surface area contributed by atoms with Gasteiger partial charge in [0.15, 0.2) is 0 Å². The van der Waals surface area contributed by atoms with Gasteiger partial charge < -0.3 is 10.2 Å². The highest BCUT2D eigenvalue weighted by Gasteiger charge is 2.33. The third kappa shape index (κ3) is 4.33. The molecule has 4 rings (SSSR count). The zero-order valence-electron chi connectivity index (χ0n) is 15.8. The molecule has 4 nitrogen and oxygen atoms in total. The zero-order chi connectivity index (χ0) is 20.2. The van der Waals surface area contributed by atoms with E-state index in [1.165, 1.54) is 0 Å². The van der Waals surface area contributed by atoms with Crippen molar-refractivity contribution in [2.24, 2.45) is 0 Å². The van der Waals surface area contributed by atoms with Crippen LogP contribution in [0.15, 0.2) is 84.9 Å². The molecule has 3 aromatic rings. The number of anilines is 1. The van der Waals surface area contributed by atoms with E-state index >= 15 is 0 Å². The van der Waals surface area contributed by atoms with Crippen LogP contribution in [-0.4, -0.2) is 24.4 Å². The third-order valence-corrected chi connectivity index (χ3v) is 5.39. The highest BCUT2D eigenvalue weighted by Crippen LogP contribution is 2.27. The minimum absolute atomic E-state index is 0.00593. The maximum Gasteiger partial charge on any atom is 0.232 e. The first-order valence-electron chi connectivity index (χ1n) is 9.58. The van der Waals surface area contributed by atoms with Crippen LogP contribution in [0.5, 0.6) is 0 Å². The minimum Gasteiger partial charge on any atom is -0.350 e. The van der Waals surface area contributed by atoms with Crippen molar-refractivity contribution in [3.05, 3.63) is 101 Å². The van der Waals surface area contributed by atoms with Gasteiger partial charge in [0, 0.05) is 23.7 Å². The fraction of sp³-hybridized carbons (Fsp3) is 0.167. The molecule has 2 amide bonds. The Morgan fingerprint density at radius 2 is 1.45 bits per heavy atom. The standard InChI is InChI=1S/C24H21ClN2O2/c25-19-11-13-21(14-12-19)27-16-20(15-22(27)28)26-24(29)23(17-7-3-1-4-8-17)18-9-5-2-6-10-18/h1-14,20,23H,15-16H2,(H,26,29)/t20-/m1/s1. The van der Waals surface area contributed by atoms with E-state index in [0.29, 0.717) is 11.6 Å². The molecule has 146 valence electrons. The van der Waals surface area contributed by atoms with Gasteiger partial charge in [-0.05, 0) is 35.4 Å². The van der Waals surface area contributed by atoms with Crippen LogP contribution in [0.25, 0.3) is 0 Å². The summed E-state index contributed by atoms with van der Waals surface area (Å²) in [5, 5.41) is 3.71. The Labute approximate surface area is 175 Å². The van der Waals surface area contributed by atoms with Crippen LogP contribution in [0, 0.1) is 0 Å². The van der Waals surface area contributed by atoms with Gasteiger partial charge in [-0.2, -0.15) is 0 Å². The van der Waals surface area contributed by atoms with Gasteiger partial charge in [0.2, 0.25) is 11.8 Å². The molecule has 29 heavy (non-hydrogen) atoms. The first-order chi connectivity index (χ1) is 14.1. The lowest BCUT2D eigenvalue weighted by Crippen LogP contribution is -2.40. The molecule has 0 unspecified atom stereocenters. The van der Waals surface area contributed by atoms with E-state index in [9.17, 15) is 9.59 Å². The lowest BCUT2D eigenvalue weighted by atomic mass is 9.90. The van der Waals surface area contributed by atoms with Gasteiger partial charge in [-0.3, -0.25) is 9.59 Å². The van der Waals surface area contributed by atoms with Crippen LogP contribution >= 0.6 is 11.6 Å². The van der Waals surface area contributed by atoms with Crippen molar-refractivity contribution >= 4 is 29.1 Å². The molecule has 1 atom stereocenters. The Morgan fingerprint density at radius 1 is 0.897 bits per heavy atom. The van der Waals surface area contributed by atoms with E-state index < -0.39 is 5.92 Å². The van der Waals surface area contributed by atoms with Gasteiger partial charge in [0.25, 0.3) is 0 Å². The lowest BCUT2D eigenvalue weighted by molar-refractivity contribution is -0.122. The summed E-state index contributed by atoms with van der Waals surface area (Å²) in [6, 6.07) is 26.3. The molecule has 1 aliphatic heterocycles. The van der Waals surface area contributed by atoms with E-state index in [1.807, 2.05) is 72.8 Å². The summed E-state index contributed by atoms with van der Waals surface area (Å²) >= 11 is 5.94. The molecule has 3 aromatic carbocycles. The number of carbonyl (C=O) groups excluding carboxylic acids is 2. The Balaban J connectivity index is 1.52. The molecule has 0 saturated carbocycles. The van der Waals surface area contributed by atoms with Gasteiger partial charge in [-0.1, -0.05) is 72.3 Å². The molecule has 0 spiro atoms. The smallest absolute Gasteiger partial charge is 0.232 e. The second-order valence-electron chi connectivity index (χ2n) is 7.14. The molecule has 1 saturated heterocycles. The number of halogens is 1. The summed E-state index contributed by atoms with van der Waals surface area (Å²) in [4.78, 5) is 27.4. The average molecular weight is 405 g/mol. The summed E-state index contributed by atoms with van der Waals surface area (Å²) < 4.78 is 0. The number of rotatable bonds is 5. The van der Waals surface area contributed by atoms with Crippen molar-refractivity contribution in [3.63, 3.8) is 0 Å². The molecule has 5 heteroatoms. The second-order valence-corrected chi connectivity index (χ2v) is 7.58. The molecular formula is C24H21ClN2O2. The molecule has 0 radical (unpaired) electrons. The van der Waals surface area contributed by atoms with Crippen molar-refractivity contribution < 1.29 is 9.59 Å². The van der Waals surface area contributed by atoms with Crippen molar-refractivity contribution in [1.82, 2.24) is 5.32 Å². The lowest BCUT2D eigenvalue weighted by Gasteiger charge is -2.21. The van der Waals surface area contributed by atoms with Gasteiger partial charge in [0.05, 0.1) is 12.0 Å². The number of hydrogen-bond donors (Lipinski definition) is 1. The summed E-state index contributed by atoms with van der Waals surface area (Å²) in [5.41, 5.74) is 2.64. The molecule has 1 fully saturated rings. The predicted octanol–water partition coefficient (Wildman–Crippen LogP) is 4.39. The molecule has 1 heterocycles. The minimum atomic E-state index is -0.419. The fourth-order valence-corrected chi connectivity index (χ4v) is 3.87. The number of carbonyl (C=O) groups is 2. The van der Waals surface area contributed by atoms with Gasteiger partial charge in [-0.15, -0.1) is 0 Å². The highest BCUT2D eigenvalue weighted by molar-refractivity contribution is 6.30. The maximum absolute atomic E-state index is 13.2. The molecular weight excluding hydrogens is 384 g/mol. The normalized spacial score (nSPS) is 16.3. The van der Waals surface area contributed by atoms with Crippen LogP contribution in [0.2, 0.25) is 5.02 Å². The summed E-state index contributed by atoms with van der Waals surface area (Å²) in [5.74, 6) is -0.524. The van der Waals surface area contributed by atoms with Crippen molar-refractivity contribution in [2.75, 3.05) is 11.4 Å². The largest absolute Gasteiger partial charge is 0.350 e. The third-order valence-electron chi connectivity index (χ3n) is 5.14. The van der Waals surface area contributed by atoms with E-state index in [-0.39, 0.29) is 24.3 Å². The predicted molar refractivity (Wildman–Crippen MR) is 115 cm³/mol. The van der Waals surface area contributed by atoms with Gasteiger partial charge in [0.1, 0.15) is 0 Å². The van der Waals surface area contributed by atoms with Crippen LogP contribution in [0.3, 0.4) is 0 Å². The first-order valence-corrected chi connectivity index (χ1v) is 9.96. The fourth-order valence-electron chi connectivity index (χ4n) is 3.75. The zero-order valence-corrected chi connectivity index (χ0v) is 16.5. The molecule has 1 N–H and O–H groups in total. The van der Waals surface area contributed by atoms with Crippen LogP contribution in [0.1, 0.15) is 23.5 Å². The molecule has 0 aliphatic carbocycles. The number of nitrogens with zero attached hydrogens (tertiary/aromatic N) is 1. The summed E-state index contributed by atoms with van der Waals surface area (Å²) in [6.07, 6.45) is 0.282. The van der Waals surface area contributed by atoms with Crippen LogP contribution < -0.4 is 10.2 Å². The van der Waals surface area contributed by atoms with Crippen molar-refractivity contribution in [3.8, 4) is 0 Å². The van der Waals surface area contributed by atoms with E-state index in [2.05, 4.69) is 5.32 Å². The average Bonchev–Trinajstić information content (AvgIpc) is 3.10. The maximum atomic E-state index is 13.2. The number of amides is 2. The first kappa shape index (κ1) is 19.2. The Kier molecular flexibility index (Phi) is 5.63. The van der Waals surface area contributed by atoms with E-state index in [1.54, 1.807) is 17.0 Å². The van der Waals surface area contributed by atoms with Crippen molar-refractivity contribution in [2.45, 2.75) is 18.4 Å². The van der Waals surface area contributed by atoms with Crippen LogP contribution in [0.4, 0.5) is 5.69 Å². The second kappa shape index (κ2) is 8.50. The number of hydrogen-bond acceptors (Lipinski definition) is 2. The Bertz CT molecular complexity index is 951. The van der Waals surface area contributed by atoms with E-state index in [4.69, 9.17) is 11.6 Å².